The van der Waals surface area contributed by atoms with Crippen LogP contribution in [0.25, 0.3) is 11.0 Å². The minimum Gasteiger partial charge on any atom is -0.399 e. The maximum Gasteiger partial charge on any atom is 0.417 e. The van der Waals surface area contributed by atoms with E-state index in [1.165, 1.54) is 31.5 Å². The molecule has 0 saturated heterocycles. The number of aromatic nitrogens is 2. The molecular formula is C22H15Cl2F3N4O3S. The van der Waals surface area contributed by atoms with Gasteiger partial charge in [-0.15, -0.1) is 0 Å². The average Bonchev–Trinajstić information content (AvgIpc) is 3.26. The number of aromatic amines is 1. The van der Waals surface area contributed by atoms with Gasteiger partial charge in [0.1, 0.15) is 18.5 Å². The number of halogens is 5. The van der Waals surface area contributed by atoms with Crippen molar-refractivity contribution in [2.75, 3.05) is 11.8 Å². The molecule has 2 aromatic carbocycles. The van der Waals surface area contributed by atoms with Crippen LogP contribution >= 0.6 is 23.2 Å². The number of alkyl halides is 3. The van der Waals surface area contributed by atoms with E-state index in [2.05, 4.69) is 19.8 Å². The number of nitrogens with zero attached hydrogens (tertiary/aromatic N) is 2. The summed E-state index contributed by atoms with van der Waals surface area (Å²) in [4.78, 5) is 11.6. The van der Waals surface area contributed by atoms with Crippen LogP contribution in [-0.2, 0) is 21.0 Å². The van der Waals surface area contributed by atoms with Gasteiger partial charge in [0.25, 0.3) is 10.0 Å². The molecule has 2 heterocycles. The van der Waals surface area contributed by atoms with Crippen molar-refractivity contribution < 1.29 is 26.4 Å². The second kappa shape index (κ2) is 9.40. The lowest BCUT2D eigenvalue weighted by Gasteiger charge is -2.16. The third-order valence-corrected chi connectivity index (χ3v) is 6.86. The van der Waals surface area contributed by atoms with Crippen molar-refractivity contribution in [3.8, 4) is 0 Å². The van der Waals surface area contributed by atoms with E-state index in [1.807, 2.05) is 0 Å². The first-order chi connectivity index (χ1) is 16.5. The first-order valence-corrected chi connectivity index (χ1v) is 12.0. The number of anilines is 1. The largest absolute Gasteiger partial charge is 0.417 e. The van der Waals surface area contributed by atoms with Crippen LogP contribution in [0.2, 0.25) is 10.0 Å². The van der Waals surface area contributed by atoms with Gasteiger partial charge in [0.15, 0.2) is 0 Å². The van der Waals surface area contributed by atoms with Gasteiger partial charge in [-0.3, -0.25) is 4.72 Å². The molecule has 0 bridgehead atoms. The van der Waals surface area contributed by atoms with Crippen molar-refractivity contribution in [3.05, 3.63) is 87.7 Å². The molecule has 7 nitrogen and oxygen atoms in total. The molecule has 0 amide bonds. The van der Waals surface area contributed by atoms with Crippen molar-refractivity contribution in [2.24, 2.45) is 5.16 Å². The summed E-state index contributed by atoms with van der Waals surface area (Å²) in [6.07, 6.45) is -1.63. The molecule has 0 aliphatic heterocycles. The van der Waals surface area contributed by atoms with Crippen LogP contribution in [0.5, 0.6) is 0 Å². The number of rotatable bonds is 6. The second-order valence-electron chi connectivity index (χ2n) is 7.16. The van der Waals surface area contributed by atoms with Crippen LogP contribution in [0.4, 0.5) is 18.9 Å². The fraction of sp³-hybridized carbons (Fsp3) is 0.0909. The van der Waals surface area contributed by atoms with Crippen LogP contribution in [-0.4, -0.2) is 31.2 Å². The van der Waals surface area contributed by atoms with E-state index in [0.717, 1.165) is 12.1 Å². The number of oxime groups is 1. The van der Waals surface area contributed by atoms with Gasteiger partial charge in [0, 0.05) is 33.9 Å². The first-order valence-electron chi connectivity index (χ1n) is 9.74. The van der Waals surface area contributed by atoms with E-state index in [0.29, 0.717) is 22.7 Å². The molecule has 0 saturated carbocycles. The van der Waals surface area contributed by atoms with E-state index in [-0.39, 0.29) is 22.0 Å². The highest BCUT2D eigenvalue weighted by atomic mass is 35.5. The monoisotopic (exact) mass is 542 g/mol. The molecule has 0 radical (unpaired) electrons. The van der Waals surface area contributed by atoms with Gasteiger partial charge in [0.05, 0.1) is 21.2 Å². The van der Waals surface area contributed by atoms with Crippen LogP contribution in [0, 0.1) is 0 Å². The Morgan fingerprint density at radius 1 is 1.09 bits per heavy atom. The van der Waals surface area contributed by atoms with Crippen molar-refractivity contribution in [2.45, 2.75) is 11.1 Å². The van der Waals surface area contributed by atoms with Gasteiger partial charge in [-0.25, -0.2) is 13.4 Å². The fourth-order valence-corrected chi connectivity index (χ4v) is 4.90. The molecule has 35 heavy (non-hydrogen) atoms. The molecular weight excluding hydrogens is 528 g/mol. The highest BCUT2D eigenvalue weighted by molar-refractivity contribution is 7.92. The number of fused-ring (bicyclic) bond motifs is 1. The predicted octanol–water partition coefficient (Wildman–Crippen LogP) is 6.09. The number of sulfonamides is 1. The normalized spacial score (nSPS) is 12.7. The quantitative estimate of drug-likeness (QED) is 0.227. The summed E-state index contributed by atoms with van der Waals surface area (Å²) >= 11 is 11.7. The standard InChI is InChI=1S/C22H15Cl2F3N4O3S/c1-34-30-20(14-6-8-28-21-15(14)7-9-29-21)16-4-2-12(23)10-19(16)31-35(32,33)13-3-5-18(24)17(11-13)22(25,26)27/h2-11,31H,1H3,(H,28,29). The van der Waals surface area contributed by atoms with Gasteiger partial charge < -0.3 is 9.82 Å². The van der Waals surface area contributed by atoms with Crippen LogP contribution in [0.3, 0.4) is 0 Å². The Balaban J connectivity index is 1.84. The Morgan fingerprint density at radius 2 is 1.86 bits per heavy atom. The lowest BCUT2D eigenvalue weighted by atomic mass is 9.99. The second-order valence-corrected chi connectivity index (χ2v) is 9.68. The molecule has 0 fully saturated rings. The molecule has 0 aliphatic carbocycles. The number of benzene rings is 2. The highest BCUT2D eigenvalue weighted by Gasteiger charge is 2.34. The Bertz CT molecular complexity index is 1550. The van der Waals surface area contributed by atoms with Crippen LogP contribution < -0.4 is 4.72 Å². The van der Waals surface area contributed by atoms with Crippen molar-refractivity contribution in [3.63, 3.8) is 0 Å². The Hall–Kier alpha value is -3.28. The summed E-state index contributed by atoms with van der Waals surface area (Å²) in [5.41, 5.74) is 0.313. The predicted molar refractivity (Wildman–Crippen MR) is 127 cm³/mol. The molecule has 4 rings (SSSR count). The fourth-order valence-electron chi connectivity index (χ4n) is 3.40. The van der Waals surface area contributed by atoms with Gasteiger partial charge >= 0.3 is 6.18 Å². The van der Waals surface area contributed by atoms with E-state index in [9.17, 15) is 21.6 Å². The third-order valence-electron chi connectivity index (χ3n) is 4.93. The van der Waals surface area contributed by atoms with E-state index < -0.39 is 31.7 Å². The first kappa shape index (κ1) is 24.8. The zero-order chi connectivity index (χ0) is 25.4. The number of hydrogen-bond acceptors (Lipinski definition) is 5. The Labute approximate surface area is 207 Å². The SMILES string of the molecule is CON=C(c1ccc(Cl)cc1NS(=O)(=O)c1ccc(Cl)c(C(F)(F)F)c1)c1ccnc2[nH]ccc12. The third kappa shape index (κ3) is 5.07. The molecule has 2 aromatic heterocycles. The average molecular weight is 543 g/mol. The molecule has 13 heteroatoms. The van der Waals surface area contributed by atoms with E-state index in [4.69, 9.17) is 28.0 Å². The van der Waals surface area contributed by atoms with Crippen molar-refractivity contribution in [1.29, 1.82) is 0 Å². The van der Waals surface area contributed by atoms with Crippen molar-refractivity contribution >= 4 is 55.7 Å². The minimum atomic E-state index is -4.84. The van der Waals surface area contributed by atoms with Crippen LogP contribution in [0.1, 0.15) is 16.7 Å². The summed E-state index contributed by atoms with van der Waals surface area (Å²) in [6.45, 7) is 0. The van der Waals surface area contributed by atoms with E-state index in [1.54, 1.807) is 18.3 Å². The van der Waals surface area contributed by atoms with Gasteiger partial charge in [0.2, 0.25) is 0 Å². The summed E-state index contributed by atoms with van der Waals surface area (Å²) in [5, 5.41) is 4.31. The molecule has 4 aromatic rings. The van der Waals surface area contributed by atoms with Gasteiger partial charge in [-0.05, 0) is 48.5 Å². The topological polar surface area (TPSA) is 96.4 Å². The number of pyridine rings is 1. The number of H-pyrrole nitrogens is 1. The summed E-state index contributed by atoms with van der Waals surface area (Å²) in [6, 6.07) is 10.1. The lowest BCUT2D eigenvalue weighted by molar-refractivity contribution is -0.137. The smallest absolute Gasteiger partial charge is 0.399 e. The van der Waals surface area contributed by atoms with Gasteiger partial charge in [-0.1, -0.05) is 28.4 Å². The zero-order valence-electron chi connectivity index (χ0n) is 17.7. The minimum absolute atomic E-state index is 0.0303. The summed E-state index contributed by atoms with van der Waals surface area (Å²) in [5.74, 6) is 0. The maximum absolute atomic E-state index is 13.3. The summed E-state index contributed by atoms with van der Waals surface area (Å²) < 4.78 is 68.4. The Morgan fingerprint density at radius 3 is 2.57 bits per heavy atom. The van der Waals surface area contributed by atoms with Gasteiger partial charge in [-0.2, -0.15) is 13.2 Å². The maximum atomic E-state index is 13.3. The molecule has 2 N–H and O–H groups in total. The molecule has 0 spiro atoms. The molecule has 0 atom stereocenters. The molecule has 182 valence electrons. The zero-order valence-corrected chi connectivity index (χ0v) is 20.0. The Kier molecular flexibility index (Phi) is 6.67. The molecule has 0 unspecified atom stereocenters. The van der Waals surface area contributed by atoms with E-state index >= 15 is 0 Å². The molecule has 0 aliphatic rings. The summed E-state index contributed by atoms with van der Waals surface area (Å²) in [7, 11) is -3.17. The lowest BCUT2D eigenvalue weighted by Crippen LogP contribution is -2.18. The number of nitrogens with one attached hydrogen (secondary N) is 2. The van der Waals surface area contributed by atoms with Crippen molar-refractivity contribution in [1.82, 2.24) is 9.97 Å². The van der Waals surface area contributed by atoms with Crippen LogP contribution in [0.15, 0.2) is 71.0 Å². The highest BCUT2D eigenvalue weighted by Crippen LogP contribution is 2.36. The number of hydrogen-bond donors (Lipinski definition) is 2.